The molecule has 0 saturated carbocycles. The number of fused-ring (bicyclic) bond motifs is 1. The number of aliphatic imine (C=N–C) groups is 1. The van der Waals surface area contributed by atoms with Crippen LogP contribution in [0.4, 0.5) is 4.39 Å². The van der Waals surface area contributed by atoms with Crippen LogP contribution in [0, 0.1) is 5.82 Å². The van der Waals surface area contributed by atoms with Gasteiger partial charge in [-0.2, -0.15) is 0 Å². The number of rotatable bonds is 7. The average Bonchev–Trinajstić information content (AvgIpc) is 3.31. The highest BCUT2D eigenvalue weighted by Crippen LogP contribution is 2.44. The molecule has 3 aromatic carbocycles. The molecule has 2 heterocycles. The van der Waals surface area contributed by atoms with Gasteiger partial charge in [0.1, 0.15) is 17.7 Å². The summed E-state index contributed by atoms with van der Waals surface area (Å²) in [5.74, 6) is 1.64. The van der Waals surface area contributed by atoms with E-state index in [2.05, 4.69) is 0 Å². The SMILES string of the molecule is COc1ccc(C2=N[C@H](CC(=O)N3CCc4cc(OC)c(OC)cc4[C@H]3c3c(F)cccc3Cl)[C@H](C)O2)cc1. The maximum absolute atomic E-state index is 15.3. The molecule has 2 aliphatic rings. The van der Waals surface area contributed by atoms with Gasteiger partial charge in [0.25, 0.3) is 0 Å². The minimum absolute atomic E-state index is 0.103. The maximum atomic E-state index is 15.3. The lowest BCUT2D eigenvalue weighted by Crippen LogP contribution is -2.42. The predicted molar refractivity (Wildman–Crippen MR) is 147 cm³/mol. The lowest BCUT2D eigenvalue weighted by Gasteiger charge is -2.39. The second-order valence-electron chi connectivity index (χ2n) is 9.54. The van der Waals surface area contributed by atoms with Gasteiger partial charge >= 0.3 is 0 Å². The number of halogens is 2. The fourth-order valence-electron chi connectivity index (χ4n) is 5.22. The van der Waals surface area contributed by atoms with Crippen LogP contribution in [-0.2, 0) is 16.0 Å². The number of carbonyl (C=O) groups is 1. The Morgan fingerprint density at radius 3 is 2.46 bits per heavy atom. The highest BCUT2D eigenvalue weighted by Gasteiger charge is 2.38. The van der Waals surface area contributed by atoms with Crippen molar-refractivity contribution in [2.45, 2.75) is 38.0 Å². The summed E-state index contributed by atoms with van der Waals surface area (Å²) >= 11 is 6.55. The Hall–Kier alpha value is -3.78. The van der Waals surface area contributed by atoms with Gasteiger partial charge in [-0.3, -0.25) is 4.79 Å². The molecule has 9 heteroatoms. The lowest BCUT2D eigenvalue weighted by atomic mass is 9.86. The number of hydrogen-bond donors (Lipinski definition) is 0. The van der Waals surface area contributed by atoms with Crippen LogP contribution in [0.1, 0.15) is 41.6 Å². The van der Waals surface area contributed by atoms with Crippen molar-refractivity contribution in [2.24, 2.45) is 4.99 Å². The minimum atomic E-state index is -0.738. The maximum Gasteiger partial charge on any atom is 0.225 e. The molecular weight excluding hydrogens is 523 g/mol. The highest BCUT2D eigenvalue weighted by atomic mass is 35.5. The first-order valence-electron chi connectivity index (χ1n) is 12.7. The van der Waals surface area contributed by atoms with Gasteiger partial charge in [-0.25, -0.2) is 9.38 Å². The molecular formula is C30H30ClFN2O5. The first kappa shape index (κ1) is 26.8. The van der Waals surface area contributed by atoms with E-state index >= 15 is 4.39 Å². The molecule has 1 amide bonds. The third-order valence-electron chi connectivity index (χ3n) is 7.31. The van der Waals surface area contributed by atoms with Crippen LogP contribution in [-0.4, -0.2) is 56.7 Å². The van der Waals surface area contributed by atoms with Crippen LogP contribution >= 0.6 is 11.6 Å². The molecule has 3 atom stereocenters. The van der Waals surface area contributed by atoms with Crippen molar-refractivity contribution < 1.29 is 28.1 Å². The summed E-state index contributed by atoms with van der Waals surface area (Å²) in [4.78, 5) is 20.3. The molecule has 0 aromatic heterocycles. The number of amides is 1. The summed E-state index contributed by atoms with van der Waals surface area (Å²) in [5, 5.41) is 0.248. The molecule has 0 radical (unpaired) electrons. The van der Waals surface area contributed by atoms with Crippen LogP contribution in [0.3, 0.4) is 0 Å². The zero-order valence-corrected chi connectivity index (χ0v) is 23.0. The van der Waals surface area contributed by atoms with Gasteiger partial charge in [0, 0.05) is 22.7 Å². The van der Waals surface area contributed by atoms with Gasteiger partial charge in [-0.15, -0.1) is 0 Å². The third-order valence-corrected chi connectivity index (χ3v) is 7.64. The van der Waals surface area contributed by atoms with Crippen LogP contribution in [0.2, 0.25) is 5.02 Å². The van der Waals surface area contributed by atoms with E-state index in [0.29, 0.717) is 30.4 Å². The Morgan fingerprint density at radius 1 is 1.08 bits per heavy atom. The first-order chi connectivity index (χ1) is 18.8. The summed E-state index contributed by atoms with van der Waals surface area (Å²) in [5.41, 5.74) is 2.75. The summed E-state index contributed by atoms with van der Waals surface area (Å²) in [7, 11) is 4.72. The van der Waals surface area contributed by atoms with Gasteiger partial charge in [0.05, 0.1) is 39.8 Å². The van der Waals surface area contributed by atoms with E-state index in [1.54, 1.807) is 38.4 Å². The zero-order chi connectivity index (χ0) is 27.7. The summed E-state index contributed by atoms with van der Waals surface area (Å²) in [6, 6.07) is 14.5. The number of carbonyl (C=O) groups excluding carboxylic acids is 1. The molecule has 5 rings (SSSR count). The molecule has 0 spiro atoms. The number of nitrogens with zero attached hydrogens (tertiary/aromatic N) is 2. The van der Waals surface area contributed by atoms with Crippen molar-refractivity contribution in [1.82, 2.24) is 4.90 Å². The second kappa shape index (κ2) is 11.1. The van der Waals surface area contributed by atoms with Crippen molar-refractivity contribution >= 4 is 23.4 Å². The Labute approximate surface area is 232 Å². The van der Waals surface area contributed by atoms with Gasteiger partial charge < -0.3 is 23.8 Å². The molecule has 0 bridgehead atoms. The molecule has 0 N–H and O–H groups in total. The third kappa shape index (κ3) is 5.13. The van der Waals surface area contributed by atoms with E-state index in [-0.39, 0.29) is 29.0 Å². The zero-order valence-electron chi connectivity index (χ0n) is 22.2. The molecule has 0 saturated heterocycles. The molecule has 39 heavy (non-hydrogen) atoms. The Kier molecular flexibility index (Phi) is 7.66. The molecule has 2 aliphatic heterocycles. The second-order valence-corrected chi connectivity index (χ2v) is 9.95. The number of methoxy groups -OCH3 is 3. The smallest absolute Gasteiger partial charge is 0.225 e. The van der Waals surface area contributed by atoms with Crippen molar-refractivity contribution in [1.29, 1.82) is 0 Å². The van der Waals surface area contributed by atoms with E-state index in [1.807, 2.05) is 43.3 Å². The van der Waals surface area contributed by atoms with E-state index in [9.17, 15) is 4.79 Å². The molecule has 7 nitrogen and oxygen atoms in total. The van der Waals surface area contributed by atoms with Crippen molar-refractivity contribution in [2.75, 3.05) is 27.9 Å². The van der Waals surface area contributed by atoms with Gasteiger partial charge in [0.15, 0.2) is 11.5 Å². The highest BCUT2D eigenvalue weighted by molar-refractivity contribution is 6.31. The molecule has 0 aliphatic carbocycles. The molecule has 3 aromatic rings. The lowest BCUT2D eigenvalue weighted by molar-refractivity contribution is -0.134. The van der Waals surface area contributed by atoms with Crippen molar-refractivity contribution in [3.63, 3.8) is 0 Å². The van der Waals surface area contributed by atoms with Crippen LogP contribution in [0.5, 0.6) is 17.2 Å². The average molecular weight is 553 g/mol. The van der Waals surface area contributed by atoms with E-state index in [4.69, 9.17) is 35.5 Å². The van der Waals surface area contributed by atoms with Crippen molar-refractivity contribution in [3.05, 3.63) is 87.7 Å². The van der Waals surface area contributed by atoms with Crippen LogP contribution < -0.4 is 14.2 Å². The fraction of sp³-hybridized carbons (Fsp3) is 0.333. The molecule has 204 valence electrons. The normalized spacial score (nSPS) is 20.1. The summed E-state index contributed by atoms with van der Waals surface area (Å²) in [6.45, 7) is 2.28. The summed E-state index contributed by atoms with van der Waals surface area (Å²) < 4.78 is 37.6. The largest absolute Gasteiger partial charge is 0.497 e. The van der Waals surface area contributed by atoms with E-state index in [1.165, 1.54) is 6.07 Å². The number of benzene rings is 3. The number of hydrogen-bond acceptors (Lipinski definition) is 6. The Bertz CT molecular complexity index is 1390. The quantitative estimate of drug-likeness (QED) is 0.381. The Balaban J connectivity index is 1.48. The fourth-order valence-corrected chi connectivity index (χ4v) is 5.49. The first-order valence-corrected chi connectivity index (χ1v) is 13.1. The molecule has 0 unspecified atom stereocenters. The topological polar surface area (TPSA) is 69.6 Å². The van der Waals surface area contributed by atoms with E-state index in [0.717, 1.165) is 22.4 Å². The van der Waals surface area contributed by atoms with Crippen LogP contribution in [0.15, 0.2) is 59.6 Å². The van der Waals surface area contributed by atoms with E-state index < -0.39 is 17.9 Å². The summed E-state index contributed by atoms with van der Waals surface area (Å²) in [6.07, 6.45) is 0.371. The van der Waals surface area contributed by atoms with Gasteiger partial charge in [0.2, 0.25) is 11.8 Å². The van der Waals surface area contributed by atoms with Crippen LogP contribution in [0.25, 0.3) is 0 Å². The monoisotopic (exact) mass is 552 g/mol. The Morgan fingerprint density at radius 2 is 1.79 bits per heavy atom. The molecule has 0 fully saturated rings. The number of ether oxygens (including phenoxy) is 4. The van der Waals surface area contributed by atoms with Crippen molar-refractivity contribution in [3.8, 4) is 17.2 Å². The minimum Gasteiger partial charge on any atom is -0.497 e. The standard InChI is InChI=1S/C30H30ClFN2O5/c1-17-24(33-30(39-17)18-8-10-20(36-2)11-9-18)16-27(35)34-13-12-19-14-25(37-3)26(38-4)15-21(19)29(34)28-22(31)6-5-7-23(28)32/h5-11,14-15,17,24,29H,12-13,16H2,1-4H3/t17-,24+,29-/m0/s1. The predicted octanol–water partition coefficient (Wildman–Crippen LogP) is 5.60. The van der Waals surface area contributed by atoms with Gasteiger partial charge in [-0.1, -0.05) is 17.7 Å². The van der Waals surface area contributed by atoms with Gasteiger partial charge in [-0.05, 0) is 73.0 Å².